The van der Waals surface area contributed by atoms with Gasteiger partial charge in [0.25, 0.3) is 5.91 Å². The van der Waals surface area contributed by atoms with E-state index >= 15 is 0 Å². The molecule has 5 nitrogen and oxygen atoms in total. The second kappa shape index (κ2) is 6.51. The number of carbonyl (C=O) groups excluding carboxylic acids is 1. The van der Waals surface area contributed by atoms with E-state index in [1.807, 2.05) is 41.5 Å². The lowest BCUT2D eigenvalue weighted by molar-refractivity contribution is -0.174. The molecule has 1 heterocycles. The van der Waals surface area contributed by atoms with Crippen LogP contribution in [0.4, 0.5) is 19.0 Å². The summed E-state index contributed by atoms with van der Waals surface area (Å²) in [5, 5.41) is 7.07. The number of halogens is 3. The Balaban J connectivity index is 2.86. The minimum atomic E-state index is -4.45. The van der Waals surface area contributed by atoms with Gasteiger partial charge in [-0.05, 0) is 20.8 Å². The minimum Gasteiger partial charge on any atom is -0.362 e. The number of carbonyl (C=O) groups is 1. The Morgan fingerprint density at radius 1 is 1.22 bits per heavy atom. The van der Waals surface area contributed by atoms with E-state index < -0.39 is 25.3 Å². The molecule has 0 saturated carbocycles. The molecule has 0 aliphatic heterocycles. The largest absolute Gasteiger partial charge is 0.411 e. The zero-order valence-corrected chi connectivity index (χ0v) is 14.3. The number of nitrogens with one attached hydrogen (secondary N) is 1. The fraction of sp³-hybridized carbons (Fsp3) is 0.733. The first-order valence-electron chi connectivity index (χ1n) is 7.25. The van der Waals surface area contributed by atoms with Crippen molar-refractivity contribution in [2.45, 2.75) is 58.7 Å². The summed E-state index contributed by atoms with van der Waals surface area (Å²) in [6.45, 7) is 9.60. The Kier molecular flexibility index (Phi) is 5.51. The number of anilines is 1. The average molecular weight is 335 g/mol. The highest BCUT2D eigenvalue weighted by molar-refractivity contribution is 5.91. The third-order valence-electron chi connectivity index (χ3n) is 2.88. The smallest absolute Gasteiger partial charge is 0.362 e. The first-order chi connectivity index (χ1) is 10.2. The number of ether oxygens (including phenoxy) is 1. The molecule has 1 rings (SSSR count). The number of alkyl halides is 3. The maximum atomic E-state index is 12.0. The second-order valence-corrected chi connectivity index (χ2v) is 7.40. The number of hydrogen-bond donors (Lipinski definition) is 1. The van der Waals surface area contributed by atoms with Gasteiger partial charge in [0.1, 0.15) is 19.0 Å². The molecule has 1 N–H and O–H groups in total. The Labute approximate surface area is 134 Å². The van der Waals surface area contributed by atoms with Crippen LogP contribution in [0, 0.1) is 0 Å². The molecule has 0 unspecified atom stereocenters. The quantitative estimate of drug-likeness (QED) is 0.917. The lowest BCUT2D eigenvalue weighted by Gasteiger charge is -2.23. The molecule has 0 aromatic carbocycles. The van der Waals surface area contributed by atoms with Gasteiger partial charge in [-0.15, -0.1) is 0 Å². The number of hydrogen-bond acceptors (Lipinski definition) is 3. The van der Waals surface area contributed by atoms with Gasteiger partial charge >= 0.3 is 6.18 Å². The lowest BCUT2D eigenvalue weighted by Crippen LogP contribution is -2.29. The second-order valence-electron chi connectivity index (χ2n) is 7.40. The molecule has 1 aromatic rings. The highest BCUT2D eigenvalue weighted by Gasteiger charge is 2.28. The van der Waals surface area contributed by atoms with E-state index in [1.165, 1.54) is 0 Å². The van der Waals surface area contributed by atoms with Crippen LogP contribution in [0.3, 0.4) is 0 Å². The topological polar surface area (TPSA) is 56.1 Å². The average Bonchev–Trinajstić information content (AvgIpc) is 2.70. The van der Waals surface area contributed by atoms with Crippen LogP contribution < -0.4 is 5.32 Å². The normalized spacial score (nSPS) is 13.3. The summed E-state index contributed by atoms with van der Waals surface area (Å²) in [5.74, 6) is -0.219. The number of aromatic nitrogens is 2. The molecule has 8 heteroatoms. The maximum Gasteiger partial charge on any atom is 0.411 e. The van der Waals surface area contributed by atoms with Crippen molar-refractivity contribution in [1.82, 2.24) is 9.78 Å². The van der Waals surface area contributed by atoms with Crippen molar-refractivity contribution in [3.63, 3.8) is 0 Å². The third kappa shape index (κ3) is 6.21. The first kappa shape index (κ1) is 19.5. The van der Waals surface area contributed by atoms with Crippen LogP contribution in [0.2, 0.25) is 0 Å². The molecule has 1 aromatic heterocycles. The SMILES string of the molecule is CC(C)(C)c1cc(NC(=O)COCC(F)(F)F)n(C(C)(C)C)n1. The predicted octanol–water partition coefficient (Wildman–Crippen LogP) is 3.45. The van der Waals surface area contributed by atoms with E-state index in [0.717, 1.165) is 5.69 Å². The zero-order chi connectivity index (χ0) is 18.1. The summed E-state index contributed by atoms with van der Waals surface area (Å²) in [5.41, 5.74) is 0.167. The maximum absolute atomic E-state index is 12.0. The van der Waals surface area contributed by atoms with Crippen molar-refractivity contribution < 1.29 is 22.7 Å². The summed E-state index contributed by atoms with van der Waals surface area (Å²) in [6.07, 6.45) is -4.45. The minimum absolute atomic E-state index is 0.219. The van der Waals surface area contributed by atoms with Gasteiger partial charge < -0.3 is 10.1 Å². The fourth-order valence-electron chi connectivity index (χ4n) is 1.79. The van der Waals surface area contributed by atoms with Crippen LogP contribution in [0.15, 0.2) is 6.07 Å². The monoisotopic (exact) mass is 335 g/mol. The van der Waals surface area contributed by atoms with E-state index in [9.17, 15) is 18.0 Å². The van der Waals surface area contributed by atoms with Gasteiger partial charge in [0.05, 0.1) is 11.2 Å². The van der Waals surface area contributed by atoms with E-state index in [0.29, 0.717) is 5.82 Å². The van der Waals surface area contributed by atoms with Gasteiger partial charge in [-0.2, -0.15) is 18.3 Å². The Bertz CT molecular complexity index is 552. The van der Waals surface area contributed by atoms with E-state index in [4.69, 9.17) is 0 Å². The van der Waals surface area contributed by atoms with Crippen molar-refractivity contribution >= 4 is 11.7 Å². The molecular weight excluding hydrogens is 311 g/mol. The predicted molar refractivity (Wildman–Crippen MR) is 81.4 cm³/mol. The standard InChI is InChI=1S/C15H24F3N3O2/c1-13(2,3)10-7-11(21(20-10)14(4,5)6)19-12(22)8-23-9-15(16,17)18/h7H,8-9H2,1-6H3,(H,19,22). The molecular formula is C15H24F3N3O2. The van der Waals surface area contributed by atoms with E-state index in [1.54, 1.807) is 10.7 Å². The van der Waals surface area contributed by atoms with Crippen LogP contribution >= 0.6 is 0 Å². The van der Waals surface area contributed by atoms with E-state index in [-0.39, 0.29) is 11.0 Å². The molecule has 1 amide bonds. The molecule has 0 atom stereocenters. The summed E-state index contributed by atoms with van der Waals surface area (Å²) < 4.78 is 42.1. The summed E-state index contributed by atoms with van der Waals surface area (Å²) in [6, 6.07) is 1.73. The Hall–Kier alpha value is -1.57. The van der Waals surface area contributed by atoms with Gasteiger partial charge in [-0.1, -0.05) is 20.8 Å². The van der Waals surface area contributed by atoms with Gasteiger partial charge in [0.15, 0.2) is 0 Å². The van der Waals surface area contributed by atoms with Crippen molar-refractivity contribution in [3.8, 4) is 0 Å². The van der Waals surface area contributed by atoms with Crippen LogP contribution in [0.25, 0.3) is 0 Å². The van der Waals surface area contributed by atoms with Crippen molar-refractivity contribution in [1.29, 1.82) is 0 Å². The zero-order valence-electron chi connectivity index (χ0n) is 14.3. The molecule has 23 heavy (non-hydrogen) atoms. The molecule has 0 spiro atoms. The molecule has 0 fully saturated rings. The summed E-state index contributed by atoms with van der Waals surface area (Å²) in [4.78, 5) is 11.8. The lowest BCUT2D eigenvalue weighted by atomic mass is 9.92. The Morgan fingerprint density at radius 2 is 1.78 bits per heavy atom. The number of nitrogens with zero attached hydrogens (tertiary/aromatic N) is 2. The third-order valence-corrected chi connectivity index (χ3v) is 2.88. The van der Waals surface area contributed by atoms with Crippen LogP contribution in [-0.4, -0.2) is 35.1 Å². The summed E-state index contributed by atoms with van der Waals surface area (Å²) in [7, 11) is 0. The van der Waals surface area contributed by atoms with Gasteiger partial charge in [0, 0.05) is 11.5 Å². The molecule has 0 radical (unpaired) electrons. The Morgan fingerprint density at radius 3 is 2.22 bits per heavy atom. The highest BCUT2D eigenvalue weighted by Crippen LogP contribution is 2.28. The van der Waals surface area contributed by atoms with Gasteiger partial charge in [0.2, 0.25) is 0 Å². The fourth-order valence-corrected chi connectivity index (χ4v) is 1.79. The van der Waals surface area contributed by atoms with Crippen LogP contribution in [0.1, 0.15) is 47.2 Å². The van der Waals surface area contributed by atoms with Crippen molar-refractivity contribution in [3.05, 3.63) is 11.8 Å². The van der Waals surface area contributed by atoms with Crippen LogP contribution in [0.5, 0.6) is 0 Å². The first-order valence-corrected chi connectivity index (χ1v) is 7.25. The summed E-state index contributed by atoms with van der Waals surface area (Å²) >= 11 is 0. The molecule has 0 aliphatic carbocycles. The number of amides is 1. The molecule has 0 aliphatic rings. The molecule has 0 saturated heterocycles. The van der Waals surface area contributed by atoms with Crippen molar-refractivity contribution in [2.24, 2.45) is 0 Å². The van der Waals surface area contributed by atoms with E-state index in [2.05, 4.69) is 15.2 Å². The van der Waals surface area contributed by atoms with Crippen molar-refractivity contribution in [2.75, 3.05) is 18.5 Å². The molecule has 132 valence electrons. The van der Waals surface area contributed by atoms with Gasteiger partial charge in [-0.3, -0.25) is 4.79 Å². The highest BCUT2D eigenvalue weighted by atomic mass is 19.4. The number of rotatable bonds is 4. The molecule has 0 bridgehead atoms. The van der Waals surface area contributed by atoms with Gasteiger partial charge in [-0.25, -0.2) is 4.68 Å². The van der Waals surface area contributed by atoms with Crippen LogP contribution in [-0.2, 0) is 20.5 Å².